The first-order chi connectivity index (χ1) is 11.6. The maximum absolute atomic E-state index is 12.4. The summed E-state index contributed by atoms with van der Waals surface area (Å²) in [7, 11) is 1.59. The first kappa shape index (κ1) is 21.2. The highest BCUT2D eigenvalue weighted by Crippen LogP contribution is 2.14. The molecule has 5 nitrogen and oxygen atoms in total. The first-order valence-electron chi connectivity index (χ1n) is 8.70. The van der Waals surface area contributed by atoms with E-state index < -0.39 is 17.7 Å². The van der Waals surface area contributed by atoms with Crippen LogP contribution in [0.3, 0.4) is 0 Å². The summed E-state index contributed by atoms with van der Waals surface area (Å²) in [5.41, 5.74) is 0.534. The van der Waals surface area contributed by atoms with Crippen LogP contribution in [0.2, 0.25) is 0 Å². The van der Waals surface area contributed by atoms with E-state index in [0.29, 0.717) is 19.6 Å². The molecule has 0 radical (unpaired) electrons. The van der Waals surface area contributed by atoms with Crippen molar-refractivity contribution in [3.05, 3.63) is 35.9 Å². The fraction of sp³-hybridized carbons (Fsp3) is 0.600. The topological polar surface area (TPSA) is 55.8 Å². The minimum absolute atomic E-state index is 0.00386. The lowest BCUT2D eigenvalue weighted by atomic mass is 10.0. The Hall–Kier alpha value is -1.88. The summed E-state index contributed by atoms with van der Waals surface area (Å²) in [5.74, 6) is 0.0925. The van der Waals surface area contributed by atoms with Gasteiger partial charge in [0.15, 0.2) is 5.78 Å². The van der Waals surface area contributed by atoms with Gasteiger partial charge in [0, 0.05) is 20.1 Å². The van der Waals surface area contributed by atoms with Crippen molar-refractivity contribution < 1.29 is 19.1 Å². The Kier molecular flexibility index (Phi) is 8.10. The van der Waals surface area contributed by atoms with E-state index in [-0.39, 0.29) is 11.7 Å². The minimum atomic E-state index is -0.577. The number of benzene rings is 1. The second kappa shape index (κ2) is 9.56. The lowest BCUT2D eigenvalue weighted by Gasteiger charge is -2.28. The van der Waals surface area contributed by atoms with Gasteiger partial charge in [-0.25, -0.2) is 4.79 Å². The molecule has 2 atom stereocenters. The van der Waals surface area contributed by atoms with Gasteiger partial charge in [-0.2, -0.15) is 0 Å². The summed E-state index contributed by atoms with van der Waals surface area (Å²) in [6.45, 7) is 10.1. The zero-order chi connectivity index (χ0) is 19.0. The number of hydrogen-bond donors (Lipinski definition) is 0. The van der Waals surface area contributed by atoms with Gasteiger partial charge < -0.3 is 14.4 Å². The molecule has 0 saturated carbocycles. The monoisotopic (exact) mass is 349 g/mol. The highest BCUT2D eigenvalue weighted by molar-refractivity contribution is 5.87. The van der Waals surface area contributed by atoms with E-state index in [9.17, 15) is 9.59 Å². The summed E-state index contributed by atoms with van der Waals surface area (Å²) in [5, 5.41) is 0. The smallest absolute Gasteiger partial charge is 0.410 e. The third kappa shape index (κ3) is 8.16. The Bertz CT molecular complexity index is 551. The number of ketones is 1. The molecule has 0 N–H and O–H groups in total. The van der Waals surface area contributed by atoms with Crippen LogP contribution in [0.1, 0.15) is 46.6 Å². The normalized spacial score (nSPS) is 13.8. The Labute approximate surface area is 151 Å². The molecule has 1 unspecified atom stereocenters. The van der Waals surface area contributed by atoms with Gasteiger partial charge in [0.05, 0.1) is 12.6 Å². The van der Waals surface area contributed by atoms with Gasteiger partial charge in [0.2, 0.25) is 0 Å². The summed E-state index contributed by atoms with van der Waals surface area (Å²) in [4.78, 5) is 25.8. The molecule has 0 aliphatic heterocycles. The van der Waals surface area contributed by atoms with Crippen LogP contribution < -0.4 is 0 Å². The highest BCUT2D eigenvalue weighted by Gasteiger charge is 2.27. The zero-order valence-electron chi connectivity index (χ0n) is 16.2. The minimum Gasteiger partial charge on any atom is -0.444 e. The largest absolute Gasteiger partial charge is 0.444 e. The van der Waals surface area contributed by atoms with Gasteiger partial charge in [-0.3, -0.25) is 4.79 Å². The Morgan fingerprint density at radius 1 is 1.12 bits per heavy atom. The Morgan fingerprint density at radius 2 is 1.72 bits per heavy atom. The number of rotatable bonds is 8. The molecule has 1 rings (SSSR count). The molecule has 1 aromatic carbocycles. The van der Waals surface area contributed by atoms with Gasteiger partial charge in [0.25, 0.3) is 0 Å². The van der Waals surface area contributed by atoms with Crippen LogP contribution in [0.15, 0.2) is 30.3 Å². The van der Waals surface area contributed by atoms with Crippen LogP contribution >= 0.6 is 0 Å². The fourth-order valence-electron chi connectivity index (χ4n) is 2.23. The summed E-state index contributed by atoms with van der Waals surface area (Å²) in [6.07, 6.45) is -0.121. The molecule has 1 aromatic rings. The third-order valence-corrected chi connectivity index (χ3v) is 3.79. The Balaban J connectivity index is 2.39. The number of hydrogen-bond acceptors (Lipinski definition) is 4. The average molecular weight is 349 g/mol. The highest BCUT2D eigenvalue weighted by atomic mass is 16.6. The lowest BCUT2D eigenvalue weighted by Crippen LogP contribution is -2.43. The van der Waals surface area contributed by atoms with E-state index >= 15 is 0 Å². The molecule has 0 bridgehead atoms. The predicted molar refractivity (Wildman–Crippen MR) is 98.3 cm³/mol. The average Bonchev–Trinajstić information content (AvgIpc) is 2.52. The second-order valence-electron chi connectivity index (χ2n) is 7.54. The van der Waals surface area contributed by atoms with Crippen LogP contribution in [-0.2, 0) is 20.9 Å². The molecule has 0 aromatic heterocycles. The van der Waals surface area contributed by atoms with Gasteiger partial charge in [-0.05, 0) is 39.2 Å². The molecule has 0 spiro atoms. The molecule has 0 aliphatic carbocycles. The molecule has 1 amide bonds. The summed E-state index contributed by atoms with van der Waals surface area (Å²) in [6, 6.07) is 9.40. The number of Topliss-reactive ketones (excluding diaryl/α,β-unsaturated/α-hetero) is 1. The van der Waals surface area contributed by atoms with E-state index in [1.54, 1.807) is 34.7 Å². The maximum Gasteiger partial charge on any atom is 0.410 e. The van der Waals surface area contributed by atoms with Gasteiger partial charge in [0.1, 0.15) is 5.60 Å². The van der Waals surface area contributed by atoms with E-state index in [0.717, 1.165) is 5.56 Å². The Morgan fingerprint density at radius 3 is 2.28 bits per heavy atom. The van der Waals surface area contributed by atoms with Crippen molar-refractivity contribution in [3.8, 4) is 0 Å². The van der Waals surface area contributed by atoms with Crippen molar-refractivity contribution in [2.24, 2.45) is 5.92 Å². The number of carbonyl (C=O) groups excluding carboxylic acids is 2. The van der Waals surface area contributed by atoms with Gasteiger partial charge in [-0.15, -0.1) is 0 Å². The number of carbonyl (C=O) groups is 2. The fourth-order valence-corrected chi connectivity index (χ4v) is 2.23. The van der Waals surface area contributed by atoms with Crippen LogP contribution in [0.5, 0.6) is 0 Å². The van der Waals surface area contributed by atoms with Crippen molar-refractivity contribution in [2.45, 2.75) is 59.3 Å². The van der Waals surface area contributed by atoms with Crippen LogP contribution in [0.4, 0.5) is 4.79 Å². The molecule has 0 saturated heterocycles. The van der Waals surface area contributed by atoms with E-state index in [1.165, 1.54) is 4.90 Å². The molecule has 25 heavy (non-hydrogen) atoms. The second-order valence-corrected chi connectivity index (χ2v) is 7.54. The van der Waals surface area contributed by atoms with Crippen LogP contribution in [0, 0.1) is 5.92 Å². The van der Waals surface area contributed by atoms with Crippen molar-refractivity contribution in [1.82, 2.24) is 4.90 Å². The molecule has 5 heteroatoms. The maximum atomic E-state index is 12.4. The van der Waals surface area contributed by atoms with Crippen LogP contribution in [-0.4, -0.2) is 42.1 Å². The number of nitrogens with zero attached hydrogens (tertiary/aromatic N) is 1. The number of amides is 1. The van der Waals surface area contributed by atoms with E-state index in [1.807, 2.05) is 37.3 Å². The summed E-state index contributed by atoms with van der Waals surface area (Å²) >= 11 is 0. The SMILES string of the molecule is CC(COCc1ccccc1)CC(=O)[C@H](C)N(C)C(=O)OC(C)(C)C. The zero-order valence-corrected chi connectivity index (χ0v) is 16.2. The number of ether oxygens (including phenoxy) is 2. The predicted octanol–water partition coefficient (Wildman–Crippen LogP) is 4.05. The van der Waals surface area contributed by atoms with Crippen molar-refractivity contribution >= 4 is 11.9 Å². The van der Waals surface area contributed by atoms with E-state index in [2.05, 4.69) is 0 Å². The van der Waals surface area contributed by atoms with Crippen molar-refractivity contribution in [2.75, 3.05) is 13.7 Å². The molecule has 0 fully saturated rings. The number of likely N-dealkylation sites (N-methyl/N-ethyl adjacent to an activating group) is 1. The van der Waals surface area contributed by atoms with E-state index in [4.69, 9.17) is 9.47 Å². The molecule has 0 heterocycles. The first-order valence-corrected chi connectivity index (χ1v) is 8.70. The molecular weight excluding hydrogens is 318 g/mol. The van der Waals surface area contributed by atoms with Crippen LogP contribution in [0.25, 0.3) is 0 Å². The molecular formula is C20H31NO4. The summed E-state index contributed by atoms with van der Waals surface area (Å²) < 4.78 is 11.0. The van der Waals surface area contributed by atoms with Gasteiger partial charge in [-0.1, -0.05) is 37.3 Å². The standard InChI is InChI=1S/C20H31NO4/c1-15(13-24-14-17-10-8-7-9-11-17)12-18(22)16(2)21(6)19(23)25-20(3,4)5/h7-11,15-16H,12-14H2,1-6H3/t15?,16-/m0/s1. The quantitative estimate of drug-likeness (QED) is 0.710. The third-order valence-electron chi connectivity index (χ3n) is 3.79. The molecule has 140 valence electrons. The lowest BCUT2D eigenvalue weighted by molar-refractivity contribution is -0.124. The van der Waals surface area contributed by atoms with Gasteiger partial charge >= 0.3 is 6.09 Å². The van der Waals surface area contributed by atoms with Crippen molar-refractivity contribution in [3.63, 3.8) is 0 Å². The molecule has 0 aliphatic rings. The van der Waals surface area contributed by atoms with Crippen molar-refractivity contribution in [1.29, 1.82) is 0 Å².